The third-order valence-corrected chi connectivity index (χ3v) is 0.691. The van der Waals surface area contributed by atoms with E-state index in [-0.39, 0.29) is 19.8 Å². The molecule has 0 aromatic rings. The van der Waals surface area contributed by atoms with Gasteiger partial charge in [0, 0.05) is 6.61 Å². The fraction of sp³-hybridized carbons (Fsp3) is 0.778. The molecule has 6 nitrogen and oxygen atoms in total. The average Bonchev–Trinajstić information content (AvgIpc) is 2.18. The number of hydrogen-bond donors (Lipinski definition) is 1. The molecule has 0 aliphatic carbocycles. The Kier molecular flexibility index (Phi) is 23.9. The monoisotopic (exact) mass is 326 g/mol. The second kappa shape index (κ2) is 18.9. The summed E-state index contributed by atoms with van der Waals surface area (Å²) in [6.45, 7) is 5.47. The van der Waals surface area contributed by atoms with Crippen LogP contribution in [0.5, 0.6) is 0 Å². The van der Waals surface area contributed by atoms with Gasteiger partial charge in [0.25, 0.3) is 0 Å². The normalized spacial score (nSPS) is 8.22. The Hall–Kier alpha value is -0.430. The van der Waals surface area contributed by atoms with Crippen LogP contribution >= 0.6 is 34.8 Å². The number of alkyl halides is 3. The minimum atomic E-state index is -1.04. The van der Waals surface area contributed by atoms with Crippen molar-refractivity contribution >= 4 is 47.1 Å². The van der Waals surface area contributed by atoms with Gasteiger partial charge >= 0.3 is 12.3 Å². The largest absolute Gasteiger partial charge is 0.518 e. The number of aliphatic hydroxyl groups is 1. The van der Waals surface area contributed by atoms with Gasteiger partial charge in [-0.2, -0.15) is 0 Å². The van der Waals surface area contributed by atoms with E-state index in [2.05, 4.69) is 14.2 Å². The summed E-state index contributed by atoms with van der Waals surface area (Å²) in [6.07, 6.45) is -2.07. The molecule has 0 radical (unpaired) electrons. The number of carbonyl (C=O) groups excluding carboxylic acids is 2. The molecular formula is C9H17Cl3O6. The third-order valence-electron chi connectivity index (χ3n) is 0.691. The standard InChI is InChI=1S/C6H10O5.C2H6O.CHCl3/c1-3-9-5(7)11-6(8)10-4-2;1-2-3;2-1(3)4/h3-4H2,1-2H3;3H,2H2,1H3;1H. The topological polar surface area (TPSA) is 82.1 Å². The number of aliphatic hydroxyl groups excluding tert-OH is 1. The molecule has 0 heterocycles. The van der Waals surface area contributed by atoms with Crippen molar-refractivity contribution in [3.63, 3.8) is 0 Å². The molecule has 110 valence electrons. The van der Waals surface area contributed by atoms with Gasteiger partial charge in [0.1, 0.15) is 0 Å². The summed E-state index contributed by atoms with van der Waals surface area (Å²) < 4.78 is 11.9. The van der Waals surface area contributed by atoms with Gasteiger partial charge in [0.2, 0.25) is 0 Å². The highest BCUT2D eigenvalue weighted by molar-refractivity contribution is 6.63. The zero-order valence-corrected chi connectivity index (χ0v) is 12.6. The molecule has 9 heteroatoms. The maximum atomic E-state index is 10.4. The van der Waals surface area contributed by atoms with Crippen molar-refractivity contribution in [2.24, 2.45) is 0 Å². The summed E-state index contributed by atoms with van der Waals surface area (Å²) in [7, 11) is 0. The number of carbonyl (C=O) groups is 2. The van der Waals surface area contributed by atoms with Crippen LogP contribution in [0.3, 0.4) is 0 Å². The molecule has 0 amide bonds. The second-order valence-electron chi connectivity index (χ2n) is 2.03. The third kappa shape index (κ3) is 36.1. The number of hydrogen-bond acceptors (Lipinski definition) is 6. The molecule has 18 heavy (non-hydrogen) atoms. The second-order valence-corrected chi connectivity index (χ2v) is 4.01. The van der Waals surface area contributed by atoms with E-state index < -0.39 is 16.6 Å². The SMILES string of the molecule is CCO.CCOC(=O)OC(=O)OCC.ClC(Cl)Cl. The number of ether oxygens (including phenoxy) is 3. The van der Waals surface area contributed by atoms with E-state index in [0.29, 0.717) is 0 Å². The fourth-order valence-corrected chi connectivity index (χ4v) is 0.363. The molecule has 0 aliphatic heterocycles. The minimum absolute atomic E-state index is 0.165. The van der Waals surface area contributed by atoms with E-state index in [1.807, 2.05) is 0 Å². The maximum absolute atomic E-state index is 10.4. The Morgan fingerprint density at radius 2 is 1.22 bits per heavy atom. The maximum Gasteiger partial charge on any atom is 0.518 e. The Labute approximate surface area is 121 Å². The zero-order valence-electron chi connectivity index (χ0n) is 10.3. The van der Waals surface area contributed by atoms with Crippen molar-refractivity contribution in [3.8, 4) is 0 Å². The van der Waals surface area contributed by atoms with Crippen molar-refractivity contribution in [1.29, 1.82) is 0 Å². The highest BCUT2D eigenvalue weighted by atomic mass is 35.6. The van der Waals surface area contributed by atoms with Crippen LogP contribution in [0.1, 0.15) is 20.8 Å². The van der Waals surface area contributed by atoms with Crippen LogP contribution < -0.4 is 0 Å². The lowest BCUT2D eigenvalue weighted by atomic mass is 10.9. The van der Waals surface area contributed by atoms with Gasteiger partial charge < -0.3 is 19.3 Å². The molecule has 0 aromatic heterocycles. The Bertz CT molecular complexity index is 182. The van der Waals surface area contributed by atoms with E-state index in [4.69, 9.17) is 39.9 Å². The first-order valence-electron chi connectivity index (χ1n) is 4.89. The summed E-state index contributed by atoms with van der Waals surface area (Å²) in [5.41, 5.74) is 0. The van der Waals surface area contributed by atoms with E-state index in [1.54, 1.807) is 20.8 Å². The predicted octanol–water partition coefficient (Wildman–Crippen LogP) is 3.30. The molecule has 0 aliphatic rings. The predicted molar refractivity (Wildman–Crippen MR) is 69.2 cm³/mol. The van der Waals surface area contributed by atoms with E-state index in [9.17, 15) is 9.59 Å². The summed E-state index contributed by atoms with van der Waals surface area (Å²) in [6, 6.07) is 0. The molecule has 0 spiro atoms. The fourth-order valence-electron chi connectivity index (χ4n) is 0.363. The summed E-state index contributed by atoms with van der Waals surface area (Å²) >= 11 is 14.4. The van der Waals surface area contributed by atoms with Gasteiger partial charge in [-0.25, -0.2) is 9.59 Å². The first-order chi connectivity index (χ1) is 8.35. The molecule has 0 unspecified atom stereocenters. The van der Waals surface area contributed by atoms with Gasteiger partial charge in [0.15, 0.2) is 4.30 Å². The Morgan fingerprint density at radius 1 is 1.00 bits per heavy atom. The van der Waals surface area contributed by atoms with Crippen LogP contribution in [-0.2, 0) is 14.2 Å². The lowest BCUT2D eigenvalue weighted by Gasteiger charge is -2.01. The quantitative estimate of drug-likeness (QED) is 0.476. The minimum Gasteiger partial charge on any atom is -0.434 e. The molecule has 0 saturated heterocycles. The van der Waals surface area contributed by atoms with Crippen LogP contribution in [0, 0.1) is 0 Å². The highest BCUT2D eigenvalue weighted by Gasteiger charge is 2.10. The average molecular weight is 328 g/mol. The van der Waals surface area contributed by atoms with Crippen molar-refractivity contribution in [1.82, 2.24) is 0 Å². The zero-order chi connectivity index (χ0) is 15.0. The van der Waals surface area contributed by atoms with Gasteiger partial charge in [0.05, 0.1) is 13.2 Å². The molecule has 0 aromatic carbocycles. The summed E-state index contributed by atoms with van der Waals surface area (Å²) in [5, 5.41) is 7.57. The van der Waals surface area contributed by atoms with Crippen LogP contribution in [0.4, 0.5) is 9.59 Å². The molecule has 0 bridgehead atoms. The molecule has 0 fully saturated rings. The van der Waals surface area contributed by atoms with Gasteiger partial charge in [-0.05, 0) is 20.8 Å². The summed E-state index contributed by atoms with van der Waals surface area (Å²) in [5.74, 6) is 0. The molecule has 0 atom stereocenters. The van der Waals surface area contributed by atoms with E-state index in [0.717, 1.165) is 0 Å². The first-order valence-corrected chi connectivity index (χ1v) is 6.20. The van der Waals surface area contributed by atoms with Crippen molar-refractivity contribution < 1.29 is 28.9 Å². The lowest BCUT2D eigenvalue weighted by Crippen LogP contribution is -2.14. The summed E-state index contributed by atoms with van der Waals surface area (Å²) in [4.78, 5) is 20.8. The van der Waals surface area contributed by atoms with Crippen LogP contribution in [0.25, 0.3) is 0 Å². The van der Waals surface area contributed by atoms with Crippen LogP contribution in [0.2, 0.25) is 0 Å². The van der Waals surface area contributed by atoms with Gasteiger partial charge in [-0.15, -0.1) is 0 Å². The van der Waals surface area contributed by atoms with E-state index >= 15 is 0 Å². The lowest BCUT2D eigenvalue weighted by molar-refractivity contribution is 0.0409. The molecule has 0 rings (SSSR count). The van der Waals surface area contributed by atoms with Crippen LogP contribution in [0.15, 0.2) is 0 Å². The smallest absolute Gasteiger partial charge is 0.434 e. The van der Waals surface area contributed by atoms with Crippen molar-refractivity contribution in [2.45, 2.75) is 25.1 Å². The van der Waals surface area contributed by atoms with Gasteiger partial charge in [-0.3, -0.25) is 0 Å². The van der Waals surface area contributed by atoms with Crippen molar-refractivity contribution in [2.75, 3.05) is 19.8 Å². The van der Waals surface area contributed by atoms with E-state index in [1.165, 1.54) is 0 Å². The Morgan fingerprint density at radius 3 is 1.39 bits per heavy atom. The number of rotatable bonds is 2. The first kappa shape index (κ1) is 22.7. The molecule has 1 N–H and O–H groups in total. The highest BCUT2D eigenvalue weighted by Crippen LogP contribution is 2.03. The molecule has 0 saturated carbocycles. The molecular weight excluding hydrogens is 310 g/mol. The van der Waals surface area contributed by atoms with Crippen molar-refractivity contribution in [3.05, 3.63) is 0 Å². The van der Waals surface area contributed by atoms with Crippen LogP contribution in [-0.4, -0.2) is 41.5 Å². The number of halogens is 3. The Balaban J connectivity index is -0.000000266. The van der Waals surface area contributed by atoms with Gasteiger partial charge in [-0.1, -0.05) is 34.8 Å².